The molecule has 0 amide bonds. The number of hydrogen-bond acceptors (Lipinski definition) is 3. The van der Waals surface area contributed by atoms with E-state index in [0.717, 1.165) is 18.5 Å². The van der Waals surface area contributed by atoms with Crippen LogP contribution in [0.2, 0.25) is 0 Å². The van der Waals surface area contributed by atoms with E-state index in [2.05, 4.69) is 18.7 Å². The van der Waals surface area contributed by atoms with Gasteiger partial charge in [-0.25, -0.2) is 4.79 Å². The van der Waals surface area contributed by atoms with Crippen LogP contribution in [0.1, 0.15) is 43.5 Å². The van der Waals surface area contributed by atoms with E-state index in [-0.39, 0.29) is 5.56 Å². The van der Waals surface area contributed by atoms with Gasteiger partial charge in [0.1, 0.15) is 0 Å². The monoisotopic (exact) mass is 248 g/mol. The molecule has 0 bridgehead atoms. The molecular weight excluding hydrogens is 228 g/mol. The van der Waals surface area contributed by atoms with Gasteiger partial charge in [0.15, 0.2) is 0 Å². The van der Waals surface area contributed by atoms with Crippen molar-refractivity contribution in [1.29, 1.82) is 0 Å². The van der Waals surface area contributed by atoms with Gasteiger partial charge in [-0.2, -0.15) is 0 Å². The molecule has 1 aliphatic rings. The molecular formula is C14H20N2O2. The van der Waals surface area contributed by atoms with Gasteiger partial charge in [0.05, 0.1) is 16.9 Å². The SMILES string of the molecule is CC1CCCC(C)N1c1cccc(C(=O)O)c1N. The summed E-state index contributed by atoms with van der Waals surface area (Å²) < 4.78 is 0. The fourth-order valence-electron chi connectivity index (χ4n) is 2.86. The number of hydrogen-bond donors (Lipinski definition) is 2. The zero-order valence-corrected chi connectivity index (χ0v) is 10.9. The quantitative estimate of drug-likeness (QED) is 0.790. The van der Waals surface area contributed by atoms with Crippen molar-refractivity contribution in [1.82, 2.24) is 0 Å². The van der Waals surface area contributed by atoms with Crippen molar-refractivity contribution >= 4 is 17.3 Å². The molecule has 1 aromatic carbocycles. The van der Waals surface area contributed by atoms with Gasteiger partial charge in [0.2, 0.25) is 0 Å². The van der Waals surface area contributed by atoms with E-state index in [4.69, 9.17) is 10.8 Å². The summed E-state index contributed by atoms with van der Waals surface area (Å²) in [6.45, 7) is 4.34. The molecule has 4 heteroatoms. The second-order valence-electron chi connectivity index (χ2n) is 5.08. The van der Waals surface area contributed by atoms with Crippen molar-refractivity contribution in [2.24, 2.45) is 0 Å². The van der Waals surface area contributed by atoms with Crippen LogP contribution in [0.3, 0.4) is 0 Å². The summed E-state index contributed by atoms with van der Waals surface area (Å²) in [6, 6.07) is 6.05. The molecule has 1 aromatic rings. The van der Waals surface area contributed by atoms with Crippen LogP contribution in [-0.2, 0) is 0 Å². The van der Waals surface area contributed by atoms with E-state index in [1.54, 1.807) is 12.1 Å². The number of aromatic carboxylic acids is 1. The summed E-state index contributed by atoms with van der Waals surface area (Å²) in [5.74, 6) is -0.966. The van der Waals surface area contributed by atoms with Gasteiger partial charge in [-0.3, -0.25) is 0 Å². The van der Waals surface area contributed by atoms with E-state index in [0.29, 0.717) is 17.8 Å². The molecule has 2 atom stereocenters. The highest BCUT2D eigenvalue weighted by Gasteiger charge is 2.27. The Labute approximate surface area is 107 Å². The van der Waals surface area contributed by atoms with Gasteiger partial charge in [-0.05, 0) is 45.2 Å². The van der Waals surface area contributed by atoms with Crippen LogP contribution < -0.4 is 10.6 Å². The summed E-state index contributed by atoms with van der Waals surface area (Å²) in [6.07, 6.45) is 3.47. The van der Waals surface area contributed by atoms with Crippen LogP contribution in [-0.4, -0.2) is 23.2 Å². The normalized spacial score (nSPS) is 24.0. The van der Waals surface area contributed by atoms with E-state index < -0.39 is 5.97 Å². The minimum absolute atomic E-state index is 0.192. The number of carboxylic acids is 1. The number of carbonyl (C=O) groups is 1. The maximum Gasteiger partial charge on any atom is 0.337 e. The molecule has 18 heavy (non-hydrogen) atoms. The molecule has 0 saturated carbocycles. The molecule has 0 radical (unpaired) electrons. The summed E-state index contributed by atoms with van der Waals surface area (Å²) in [7, 11) is 0. The lowest BCUT2D eigenvalue weighted by Crippen LogP contribution is -2.44. The van der Waals surface area contributed by atoms with E-state index in [9.17, 15) is 4.79 Å². The minimum atomic E-state index is -0.966. The van der Waals surface area contributed by atoms with Crippen molar-refractivity contribution in [3.05, 3.63) is 23.8 Å². The van der Waals surface area contributed by atoms with Gasteiger partial charge >= 0.3 is 5.97 Å². The van der Waals surface area contributed by atoms with Gasteiger partial charge in [-0.15, -0.1) is 0 Å². The first-order valence-electron chi connectivity index (χ1n) is 6.42. The lowest BCUT2D eigenvalue weighted by atomic mass is 9.95. The van der Waals surface area contributed by atoms with Gasteiger partial charge in [0.25, 0.3) is 0 Å². The zero-order chi connectivity index (χ0) is 13.3. The molecule has 2 unspecified atom stereocenters. The summed E-state index contributed by atoms with van der Waals surface area (Å²) in [5.41, 5.74) is 7.45. The van der Waals surface area contributed by atoms with Crippen molar-refractivity contribution in [3.8, 4) is 0 Å². The van der Waals surface area contributed by atoms with Crippen LogP contribution in [0.15, 0.2) is 18.2 Å². The predicted octanol–water partition coefficient (Wildman–Crippen LogP) is 2.73. The molecule has 1 saturated heterocycles. The van der Waals surface area contributed by atoms with Crippen molar-refractivity contribution < 1.29 is 9.90 Å². The highest BCUT2D eigenvalue weighted by atomic mass is 16.4. The third-order valence-corrected chi connectivity index (χ3v) is 3.79. The molecule has 0 aromatic heterocycles. The number of nitrogen functional groups attached to an aromatic ring is 1. The van der Waals surface area contributed by atoms with Crippen molar-refractivity contribution in [3.63, 3.8) is 0 Å². The van der Waals surface area contributed by atoms with Crippen LogP contribution in [0, 0.1) is 0 Å². The first kappa shape index (κ1) is 12.7. The fourth-order valence-corrected chi connectivity index (χ4v) is 2.86. The number of piperidine rings is 1. The first-order chi connectivity index (χ1) is 8.52. The van der Waals surface area contributed by atoms with Crippen LogP contribution in [0.4, 0.5) is 11.4 Å². The minimum Gasteiger partial charge on any atom is -0.478 e. The number of benzene rings is 1. The highest BCUT2D eigenvalue weighted by molar-refractivity contribution is 5.97. The molecule has 1 heterocycles. The third-order valence-electron chi connectivity index (χ3n) is 3.79. The molecule has 3 N–H and O–H groups in total. The Kier molecular flexibility index (Phi) is 3.45. The van der Waals surface area contributed by atoms with Gasteiger partial charge in [0, 0.05) is 12.1 Å². The number of nitrogens with zero attached hydrogens (tertiary/aromatic N) is 1. The number of rotatable bonds is 2. The smallest absolute Gasteiger partial charge is 0.337 e. The molecule has 1 aliphatic heterocycles. The standard InChI is InChI=1S/C14H20N2O2/c1-9-5-3-6-10(2)16(9)12-8-4-7-11(13(12)15)14(17)18/h4,7-10H,3,5-6,15H2,1-2H3,(H,17,18). The Bertz CT molecular complexity index is 449. The predicted molar refractivity (Wildman–Crippen MR) is 73.1 cm³/mol. The Morgan fingerprint density at radius 2 is 1.94 bits per heavy atom. The van der Waals surface area contributed by atoms with Gasteiger partial charge in [-0.1, -0.05) is 6.07 Å². The lowest BCUT2D eigenvalue weighted by Gasteiger charge is -2.41. The largest absolute Gasteiger partial charge is 0.478 e. The summed E-state index contributed by atoms with van der Waals surface area (Å²) >= 11 is 0. The zero-order valence-electron chi connectivity index (χ0n) is 10.9. The van der Waals surface area contributed by atoms with E-state index >= 15 is 0 Å². The average molecular weight is 248 g/mol. The lowest BCUT2D eigenvalue weighted by molar-refractivity contribution is 0.0698. The Morgan fingerprint density at radius 1 is 1.33 bits per heavy atom. The number of anilines is 2. The maximum absolute atomic E-state index is 11.1. The number of carboxylic acid groups (broad SMARTS) is 1. The molecule has 1 fully saturated rings. The van der Waals surface area contributed by atoms with Crippen LogP contribution in [0.5, 0.6) is 0 Å². The Hall–Kier alpha value is -1.71. The Balaban J connectivity index is 2.43. The number of nitrogens with two attached hydrogens (primary N) is 1. The molecule has 2 rings (SSSR count). The maximum atomic E-state index is 11.1. The van der Waals surface area contributed by atoms with E-state index in [1.165, 1.54) is 6.42 Å². The Morgan fingerprint density at radius 3 is 2.50 bits per heavy atom. The fraction of sp³-hybridized carbons (Fsp3) is 0.500. The topological polar surface area (TPSA) is 66.6 Å². The number of para-hydroxylation sites is 1. The summed E-state index contributed by atoms with van der Waals surface area (Å²) in [5, 5.41) is 9.12. The second-order valence-corrected chi connectivity index (χ2v) is 5.08. The molecule has 98 valence electrons. The van der Waals surface area contributed by atoms with Crippen molar-refractivity contribution in [2.45, 2.75) is 45.2 Å². The first-order valence-corrected chi connectivity index (χ1v) is 6.42. The molecule has 4 nitrogen and oxygen atoms in total. The molecule has 0 aliphatic carbocycles. The van der Waals surface area contributed by atoms with Crippen molar-refractivity contribution in [2.75, 3.05) is 10.6 Å². The molecule has 0 spiro atoms. The van der Waals surface area contributed by atoms with Crippen LogP contribution >= 0.6 is 0 Å². The average Bonchev–Trinajstić information content (AvgIpc) is 2.30. The second kappa shape index (κ2) is 4.88. The van der Waals surface area contributed by atoms with E-state index in [1.807, 2.05) is 6.07 Å². The van der Waals surface area contributed by atoms with Crippen LogP contribution in [0.25, 0.3) is 0 Å². The summed E-state index contributed by atoms with van der Waals surface area (Å²) in [4.78, 5) is 13.4. The highest BCUT2D eigenvalue weighted by Crippen LogP contribution is 2.34. The third kappa shape index (κ3) is 2.15. The van der Waals surface area contributed by atoms with Gasteiger partial charge < -0.3 is 15.7 Å².